The molecule has 2 aromatic rings. The zero-order chi connectivity index (χ0) is 24.3. The van der Waals surface area contributed by atoms with Crippen molar-refractivity contribution in [2.45, 2.75) is 38.3 Å². The number of nitrogens with two attached hydrogens (primary N) is 1. The fourth-order valence-electron chi connectivity index (χ4n) is 3.71. The number of aliphatic imine (C=N–C) groups is 1. The highest BCUT2D eigenvalue weighted by atomic mass is 19.4. The number of piperidine rings is 1. The molecule has 1 amide bonds. The third kappa shape index (κ3) is 9.47. The quantitative estimate of drug-likeness (QED) is 0.398. The van der Waals surface area contributed by atoms with Crippen molar-refractivity contribution in [3.63, 3.8) is 0 Å². The van der Waals surface area contributed by atoms with Crippen LogP contribution in [0.4, 0.5) is 13.2 Å². The minimum Gasteiger partial charge on any atom is -0.384 e. The Morgan fingerprint density at radius 3 is 2.15 bits per heavy atom. The molecule has 5 nitrogen and oxygen atoms in total. The topological polar surface area (TPSA) is 75.8 Å². The Kier molecular flexibility index (Phi) is 10.1. The maximum absolute atomic E-state index is 12.5. The van der Waals surface area contributed by atoms with Crippen LogP contribution in [0.3, 0.4) is 0 Å². The molecule has 3 rings (SSSR count). The SMILES string of the molecule is CN=C(N)c1ccc(CCC(=O)N2CCC(Cc3ccccc3)CC2)cc1.O=CC(F)(F)F. The number of aldehydes is 1. The minimum absolute atomic E-state index is 0.270. The van der Waals surface area contributed by atoms with Crippen molar-refractivity contribution < 1.29 is 22.8 Å². The van der Waals surface area contributed by atoms with Crippen LogP contribution in [0.25, 0.3) is 0 Å². The van der Waals surface area contributed by atoms with Gasteiger partial charge in [0.15, 0.2) is 0 Å². The number of aryl methyl sites for hydroxylation is 1. The van der Waals surface area contributed by atoms with E-state index in [-0.39, 0.29) is 5.91 Å². The summed E-state index contributed by atoms with van der Waals surface area (Å²) in [6, 6.07) is 18.7. The lowest BCUT2D eigenvalue weighted by molar-refractivity contribution is -0.156. The lowest BCUT2D eigenvalue weighted by Crippen LogP contribution is -2.39. The van der Waals surface area contributed by atoms with E-state index in [0.29, 0.717) is 18.2 Å². The number of carbonyl (C=O) groups excluding carboxylic acids is 2. The van der Waals surface area contributed by atoms with Crippen LogP contribution in [0.15, 0.2) is 59.6 Å². The molecule has 2 aromatic carbocycles. The summed E-state index contributed by atoms with van der Waals surface area (Å²) >= 11 is 0. The maximum atomic E-state index is 12.5. The van der Waals surface area contributed by atoms with Crippen LogP contribution in [0.1, 0.15) is 36.0 Å². The molecule has 0 spiro atoms. The Hall–Kier alpha value is -3.16. The van der Waals surface area contributed by atoms with Gasteiger partial charge in [0.2, 0.25) is 12.2 Å². The number of halogens is 3. The van der Waals surface area contributed by atoms with Crippen LogP contribution >= 0.6 is 0 Å². The van der Waals surface area contributed by atoms with Crippen LogP contribution in [0.2, 0.25) is 0 Å². The van der Waals surface area contributed by atoms with E-state index in [1.807, 2.05) is 29.2 Å². The number of carbonyl (C=O) groups is 2. The van der Waals surface area contributed by atoms with Gasteiger partial charge in [-0.05, 0) is 42.7 Å². The number of likely N-dealkylation sites (tertiary alicyclic amines) is 1. The molecule has 0 aliphatic carbocycles. The van der Waals surface area contributed by atoms with Crippen molar-refractivity contribution in [1.82, 2.24) is 4.90 Å². The summed E-state index contributed by atoms with van der Waals surface area (Å²) in [5, 5.41) is 0. The van der Waals surface area contributed by atoms with Crippen molar-refractivity contribution >= 4 is 18.0 Å². The highest BCUT2D eigenvalue weighted by Gasteiger charge is 2.25. The summed E-state index contributed by atoms with van der Waals surface area (Å²) < 4.78 is 31.2. The van der Waals surface area contributed by atoms with Crippen LogP contribution in [-0.4, -0.2) is 49.2 Å². The molecule has 0 radical (unpaired) electrons. The fraction of sp³-hybridized carbons (Fsp3) is 0.400. The normalized spacial score (nSPS) is 14.9. The molecule has 8 heteroatoms. The number of rotatable bonds is 6. The Morgan fingerprint density at radius 1 is 1.06 bits per heavy atom. The van der Waals surface area contributed by atoms with Gasteiger partial charge in [0.1, 0.15) is 5.84 Å². The van der Waals surface area contributed by atoms with Gasteiger partial charge in [-0.1, -0.05) is 54.6 Å². The third-order valence-corrected chi connectivity index (χ3v) is 5.59. The van der Waals surface area contributed by atoms with E-state index in [4.69, 9.17) is 10.5 Å². The summed E-state index contributed by atoms with van der Waals surface area (Å²) in [4.78, 5) is 27.3. The monoisotopic (exact) mass is 461 g/mol. The molecule has 1 aliphatic rings. The smallest absolute Gasteiger partial charge is 0.384 e. The Morgan fingerprint density at radius 2 is 1.64 bits per heavy atom. The minimum atomic E-state index is -4.64. The molecular formula is C25H30F3N3O2. The van der Waals surface area contributed by atoms with Crippen molar-refractivity contribution in [1.29, 1.82) is 0 Å². The second kappa shape index (κ2) is 12.8. The third-order valence-electron chi connectivity index (χ3n) is 5.59. The predicted octanol–water partition coefficient (Wildman–Crippen LogP) is 4.18. The van der Waals surface area contributed by atoms with E-state index < -0.39 is 12.5 Å². The molecule has 2 N–H and O–H groups in total. The summed E-state index contributed by atoms with van der Waals surface area (Å²) in [7, 11) is 1.69. The van der Waals surface area contributed by atoms with Gasteiger partial charge in [-0.3, -0.25) is 14.6 Å². The Bertz CT molecular complexity index is 905. The Balaban J connectivity index is 0.000000569. The number of nitrogens with zero attached hydrogens (tertiary/aromatic N) is 2. The number of hydrogen-bond donors (Lipinski definition) is 1. The van der Waals surface area contributed by atoms with Crippen LogP contribution < -0.4 is 5.73 Å². The van der Waals surface area contributed by atoms with E-state index >= 15 is 0 Å². The molecule has 0 aromatic heterocycles. The molecule has 0 unspecified atom stereocenters. The van der Waals surface area contributed by atoms with Gasteiger partial charge in [-0.2, -0.15) is 13.2 Å². The van der Waals surface area contributed by atoms with E-state index in [2.05, 4.69) is 35.3 Å². The van der Waals surface area contributed by atoms with Gasteiger partial charge < -0.3 is 10.6 Å². The first-order chi connectivity index (χ1) is 15.7. The molecule has 178 valence electrons. The number of alkyl halides is 3. The molecule has 1 heterocycles. The van der Waals surface area contributed by atoms with E-state index in [1.54, 1.807) is 7.05 Å². The van der Waals surface area contributed by atoms with Crippen molar-refractivity contribution in [2.75, 3.05) is 20.1 Å². The highest BCUT2D eigenvalue weighted by molar-refractivity contribution is 5.97. The highest BCUT2D eigenvalue weighted by Crippen LogP contribution is 2.22. The molecule has 1 aliphatic heterocycles. The molecule has 1 saturated heterocycles. The number of amides is 1. The Labute approximate surface area is 192 Å². The maximum Gasteiger partial charge on any atom is 0.446 e. The van der Waals surface area contributed by atoms with E-state index in [0.717, 1.165) is 49.9 Å². The lowest BCUT2D eigenvalue weighted by atomic mass is 9.90. The average Bonchev–Trinajstić information content (AvgIpc) is 2.83. The fourth-order valence-corrected chi connectivity index (χ4v) is 3.71. The summed E-state index contributed by atoms with van der Waals surface area (Å²) in [5.74, 6) is 1.50. The van der Waals surface area contributed by atoms with Gasteiger partial charge in [-0.25, -0.2) is 0 Å². The molecule has 1 fully saturated rings. The summed E-state index contributed by atoms with van der Waals surface area (Å²) in [5.41, 5.74) is 9.30. The second-order valence-electron chi connectivity index (χ2n) is 7.98. The largest absolute Gasteiger partial charge is 0.446 e. The first-order valence-corrected chi connectivity index (χ1v) is 10.9. The molecular weight excluding hydrogens is 431 g/mol. The average molecular weight is 462 g/mol. The molecule has 33 heavy (non-hydrogen) atoms. The number of benzene rings is 2. The van der Waals surface area contributed by atoms with Gasteiger partial charge in [-0.15, -0.1) is 0 Å². The zero-order valence-electron chi connectivity index (χ0n) is 18.7. The number of hydrogen-bond acceptors (Lipinski definition) is 3. The van der Waals surface area contributed by atoms with Crippen LogP contribution in [0, 0.1) is 5.92 Å². The molecule has 0 bridgehead atoms. The summed E-state index contributed by atoms with van der Waals surface area (Å²) in [6.07, 6.45) is -1.03. The standard InChI is InChI=1S/C23H29N3O.C2HF3O/c1-25-23(24)21-10-7-18(8-11-21)9-12-22(27)26-15-13-20(14-16-26)17-19-5-3-2-4-6-19;3-2(4,5)1-6/h2-8,10-11,20H,9,12-17H2,1H3,(H2,24,25);1H. The van der Waals surface area contributed by atoms with Crippen molar-refractivity contribution in [3.8, 4) is 0 Å². The predicted molar refractivity (Wildman–Crippen MR) is 123 cm³/mol. The first-order valence-electron chi connectivity index (χ1n) is 10.9. The number of amidine groups is 1. The molecule has 0 atom stereocenters. The van der Waals surface area contributed by atoms with Gasteiger partial charge in [0.05, 0.1) is 0 Å². The van der Waals surface area contributed by atoms with Crippen LogP contribution in [-0.2, 0) is 22.4 Å². The van der Waals surface area contributed by atoms with Gasteiger partial charge in [0, 0.05) is 32.1 Å². The van der Waals surface area contributed by atoms with E-state index in [1.165, 1.54) is 5.56 Å². The lowest BCUT2D eigenvalue weighted by Gasteiger charge is -2.32. The summed E-state index contributed by atoms with van der Waals surface area (Å²) in [6.45, 7) is 1.78. The first kappa shape index (κ1) is 26.1. The zero-order valence-corrected chi connectivity index (χ0v) is 18.7. The van der Waals surface area contributed by atoms with Gasteiger partial charge >= 0.3 is 6.18 Å². The van der Waals surface area contributed by atoms with Crippen LogP contribution in [0.5, 0.6) is 0 Å². The van der Waals surface area contributed by atoms with E-state index in [9.17, 15) is 18.0 Å². The van der Waals surface area contributed by atoms with Crippen molar-refractivity contribution in [2.24, 2.45) is 16.6 Å². The molecule has 0 saturated carbocycles. The van der Waals surface area contributed by atoms with Crippen molar-refractivity contribution in [3.05, 3.63) is 71.3 Å². The van der Waals surface area contributed by atoms with Gasteiger partial charge in [0.25, 0.3) is 0 Å². The second-order valence-corrected chi connectivity index (χ2v) is 7.98.